The maximum absolute atomic E-state index is 12.5. The first-order valence-electron chi connectivity index (χ1n) is 9.47. The quantitative estimate of drug-likeness (QED) is 0.890. The Morgan fingerprint density at radius 2 is 1.92 bits per heavy atom. The molecule has 0 saturated carbocycles. The topological polar surface area (TPSA) is 65.5 Å². The molecule has 1 aromatic heterocycles. The van der Waals surface area contributed by atoms with Crippen molar-refractivity contribution in [2.75, 3.05) is 37.6 Å². The zero-order valence-corrected chi connectivity index (χ0v) is 14.7. The summed E-state index contributed by atoms with van der Waals surface area (Å²) >= 11 is 0. The van der Waals surface area contributed by atoms with Crippen molar-refractivity contribution in [3.05, 3.63) is 23.9 Å². The predicted molar refractivity (Wildman–Crippen MR) is 95.5 cm³/mol. The monoisotopic (exact) mass is 342 g/mol. The lowest BCUT2D eigenvalue weighted by atomic mass is 9.79. The van der Waals surface area contributed by atoms with Crippen molar-refractivity contribution < 1.29 is 9.59 Å². The number of nitrogens with one attached hydrogen (secondary N) is 1. The number of rotatable bonds is 2. The number of piperidine rings is 2. The van der Waals surface area contributed by atoms with Crippen LogP contribution in [0.1, 0.15) is 48.9 Å². The molecule has 134 valence electrons. The molecule has 0 radical (unpaired) electrons. The van der Waals surface area contributed by atoms with Crippen LogP contribution in [0, 0.1) is 5.41 Å². The normalized spacial score (nSPS) is 26.8. The Labute approximate surface area is 148 Å². The molecule has 0 aliphatic carbocycles. The summed E-state index contributed by atoms with van der Waals surface area (Å²) in [5.74, 6) is 1.15. The van der Waals surface area contributed by atoms with Crippen molar-refractivity contribution in [1.29, 1.82) is 0 Å². The molecule has 4 heterocycles. The minimum Gasteiger partial charge on any atom is -0.356 e. The van der Waals surface area contributed by atoms with E-state index in [0.717, 1.165) is 70.6 Å². The Bertz CT molecular complexity index is 654. The molecule has 2 amide bonds. The Balaban J connectivity index is 1.44. The lowest BCUT2D eigenvalue weighted by Crippen LogP contribution is -2.47. The minimum atomic E-state index is -0.248. The molecule has 6 heteroatoms. The van der Waals surface area contributed by atoms with Crippen LogP contribution in [0.3, 0.4) is 0 Å². The SMILES string of the molecule is O=C(c1ccc(N2CCC3(CCCNC3=O)C2)nc1)N1CCCCC1. The number of carbonyl (C=O) groups is 2. The minimum absolute atomic E-state index is 0.0864. The number of aromatic nitrogens is 1. The van der Waals surface area contributed by atoms with E-state index in [4.69, 9.17) is 0 Å². The van der Waals surface area contributed by atoms with Gasteiger partial charge in [-0.3, -0.25) is 9.59 Å². The highest BCUT2D eigenvalue weighted by Crippen LogP contribution is 2.38. The van der Waals surface area contributed by atoms with Gasteiger partial charge in [-0.15, -0.1) is 0 Å². The number of amides is 2. The second-order valence-electron chi connectivity index (χ2n) is 7.57. The van der Waals surface area contributed by atoms with E-state index in [2.05, 4.69) is 15.2 Å². The summed E-state index contributed by atoms with van der Waals surface area (Å²) in [4.78, 5) is 33.5. The van der Waals surface area contributed by atoms with Gasteiger partial charge in [0, 0.05) is 38.9 Å². The number of likely N-dealkylation sites (tertiary alicyclic amines) is 1. The molecular weight excluding hydrogens is 316 g/mol. The average molecular weight is 342 g/mol. The zero-order chi connectivity index (χ0) is 17.3. The highest BCUT2D eigenvalue weighted by molar-refractivity contribution is 5.94. The van der Waals surface area contributed by atoms with Crippen molar-refractivity contribution in [3.63, 3.8) is 0 Å². The maximum atomic E-state index is 12.5. The van der Waals surface area contributed by atoms with Crippen LogP contribution in [0.2, 0.25) is 0 Å². The van der Waals surface area contributed by atoms with E-state index in [0.29, 0.717) is 5.56 Å². The van der Waals surface area contributed by atoms with E-state index in [9.17, 15) is 9.59 Å². The lowest BCUT2D eigenvalue weighted by molar-refractivity contribution is -0.132. The molecule has 3 aliphatic heterocycles. The van der Waals surface area contributed by atoms with Gasteiger partial charge in [-0.25, -0.2) is 4.98 Å². The molecule has 3 saturated heterocycles. The second-order valence-corrected chi connectivity index (χ2v) is 7.57. The highest BCUT2D eigenvalue weighted by atomic mass is 16.2. The van der Waals surface area contributed by atoms with E-state index in [1.807, 2.05) is 17.0 Å². The van der Waals surface area contributed by atoms with Gasteiger partial charge < -0.3 is 15.1 Å². The van der Waals surface area contributed by atoms with Crippen LogP contribution in [0.25, 0.3) is 0 Å². The summed E-state index contributed by atoms with van der Waals surface area (Å²) in [6, 6.07) is 3.81. The van der Waals surface area contributed by atoms with Crippen molar-refractivity contribution in [1.82, 2.24) is 15.2 Å². The fraction of sp³-hybridized carbons (Fsp3) is 0.632. The molecule has 1 spiro atoms. The van der Waals surface area contributed by atoms with Gasteiger partial charge in [-0.1, -0.05) is 0 Å². The van der Waals surface area contributed by atoms with E-state index in [1.165, 1.54) is 6.42 Å². The van der Waals surface area contributed by atoms with Crippen LogP contribution in [0.4, 0.5) is 5.82 Å². The Morgan fingerprint density at radius 1 is 1.08 bits per heavy atom. The first kappa shape index (κ1) is 16.4. The number of pyridine rings is 1. The summed E-state index contributed by atoms with van der Waals surface area (Å²) in [5, 5.41) is 3.01. The third kappa shape index (κ3) is 3.10. The molecule has 25 heavy (non-hydrogen) atoms. The average Bonchev–Trinajstić information content (AvgIpc) is 3.10. The van der Waals surface area contributed by atoms with Gasteiger partial charge in [0.25, 0.3) is 5.91 Å². The molecule has 1 unspecified atom stereocenters. The van der Waals surface area contributed by atoms with E-state index in [1.54, 1.807) is 6.20 Å². The number of anilines is 1. The summed E-state index contributed by atoms with van der Waals surface area (Å²) in [6.45, 7) is 4.08. The van der Waals surface area contributed by atoms with Crippen LogP contribution in [0.15, 0.2) is 18.3 Å². The Kier molecular flexibility index (Phi) is 4.36. The smallest absolute Gasteiger partial charge is 0.255 e. The number of hydrogen-bond donors (Lipinski definition) is 1. The van der Waals surface area contributed by atoms with Crippen molar-refractivity contribution in [2.45, 2.75) is 38.5 Å². The fourth-order valence-corrected chi connectivity index (χ4v) is 4.37. The van der Waals surface area contributed by atoms with Crippen LogP contribution >= 0.6 is 0 Å². The third-order valence-corrected chi connectivity index (χ3v) is 5.92. The van der Waals surface area contributed by atoms with Gasteiger partial charge in [-0.2, -0.15) is 0 Å². The molecule has 6 nitrogen and oxygen atoms in total. The van der Waals surface area contributed by atoms with Crippen LogP contribution < -0.4 is 10.2 Å². The molecule has 3 aliphatic rings. The van der Waals surface area contributed by atoms with Gasteiger partial charge in [0.15, 0.2) is 0 Å². The molecule has 0 aromatic carbocycles. The van der Waals surface area contributed by atoms with E-state index >= 15 is 0 Å². The van der Waals surface area contributed by atoms with Gasteiger partial charge >= 0.3 is 0 Å². The Morgan fingerprint density at radius 3 is 2.64 bits per heavy atom. The Hall–Kier alpha value is -2.11. The molecule has 3 fully saturated rings. The zero-order valence-electron chi connectivity index (χ0n) is 14.7. The predicted octanol–water partition coefficient (Wildman–Crippen LogP) is 1.81. The van der Waals surface area contributed by atoms with Crippen molar-refractivity contribution in [3.8, 4) is 0 Å². The van der Waals surface area contributed by atoms with E-state index < -0.39 is 0 Å². The van der Waals surface area contributed by atoms with Crippen molar-refractivity contribution >= 4 is 17.6 Å². The molecule has 1 N–H and O–H groups in total. The molecular formula is C19H26N4O2. The first-order chi connectivity index (χ1) is 12.2. The van der Waals surface area contributed by atoms with E-state index in [-0.39, 0.29) is 17.2 Å². The van der Waals surface area contributed by atoms with Gasteiger partial charge in [-0.05, 0) is 50.7 Å². The fourth-order valence-electron chi connectivity index (χ4n) is 4.37. The standard InChI is InChI=1S/C19H26N4O2/c24-17(22-10-2-1-3-11-22)15-5-6-16(21-13-15)23-12-8-19(14-23)7-4-9-20-18(19)25/h5-6,13H,1-4,7-12,14H2,(H,20,25). The maximum Gasteiger partial charge on any atom is 0.255 e. The molecule has 0 bridgehead atoms. The first-order valence-corrected chi connectivity index (χ1v) is 9.47. The summed E-state index contributed by atoms with van der Waals surface area (Å²) in [6.07, 6.45) is 7.99. The summed E-state index contributed by atoms with van der Waals surface area (Å²) in [5.41, 5.74) is 0.414. The van der Waals surface area contributed by atoms with Crippen molar-refractivity contribution in [2.24, 2.45) is 5.41 Å². The second kappa shape index (κ2) is 6.65. The van der Waals surface area contributed by atoms with Crippen LogP contribution in [0.5, 0.6) is 0 Å². The van der Waals surface area contributed by atoms with Crippen LogP contribution in [-0.2, 0) is 4.79 Å². The number of hydrogen-bond acceptors (Lipinski definition) is 4. The van der Waals surface area contributed by atoms with Gasteiger partial charge in [0.1, 0.15) is 5.82 Å². The summed E-state index contributed by atoms with van der Waals surface area (Å²) < 4.78 is 0. The highest BCUT2D eigenvalue weighted by Gasteiger charge is 2.45. The molecule has 4 rings (SSSR count). The third-order valence-electron chi connectivity index (χ3n) is 5.92. The summed E-state index contributed by atoms with van der Waals surface area (Å²) in [7, 11) is 0. The largest absolute Gasteiger partial charge is 0.356 e. The van der Waals surface area contributed by atoms with Gasteiger partial charge in [0.05, 0.1) is 11.0 Å². The number of carbonyl (C=O) groups excluding carboxylic acids is 2. The number of nitrogens with zero attached hydrogens (tertiary/aromatic N) is 3. The van der Waals surface area contributed by atoms with Gasteiger partial charge in [0.2, 0.25) is 5.91 Å². The van der Waals surface area contributed by atoms with Crippen LogP contribution in [-0.4, -0.2) is 54.4 Å². The molecule has 1 atom stereocenters. The lowest BCUT2D eigenvalue weighted by Gasteiger charge is -2.32. The molecule has 1 aromatic rings.